The second-order valence-electron chi connectivity index (χ2n) is 6.93. The lowest BCUT2D eigenvalue weighted by Crippen LogP contribution is -2.49. The molecule has 0 bridgehead atoms. The molecule has 2 aromatic heterocycles. The molecule has 0 unspecified atom stereocenters. The fraction of sp³-hybridized carbons (Fsp3) is 0.476. The number of amides is 1. The number of piperazine rings is 1. The number of aromatic nitrogens is 3. The summed E-state index contributed by atoms with van der Waals surface area (Å²) in [6.45, 7) is 6.85. The van der Waals surface area contributed by atoms with Crippen molar-refractivity contribution in [3.05, 3.63) is 48.5 Å². The third-order valence-corrected chi connectivity index (χ3v) is 4.81. The molecule has 2 aromatic rings. The van der Waals surface area contributed by atoms with Crippen molar-refractivity contribution in [3.8, 4) is 0 Å². The molecule has 0 aromatic carbocycles. The summed E-state index contributed by atoms with van der Waals surface area (Å²) in [5.74, 6) is 1.59. The van der Waals surface area contributed by atoms with E-state index in [2.05, 4.69) is 35.5 Å². The molecule has 1 aliphatic heterocycles. The van der Waals surface area contributed by atoms with Gasteiger partial charge >= 0.3 is 0 Å². The van der Waals surface area contributed by atoms with Crippen LogP contribution < -0.4 is 15.5 Å². The maximum atomic E-state index is 12.5. The number of aliphatic imine (C=N–C) groups is 1. The molecular formula is C21H31IN8O. The van der Waals surface area contributed by atoms with Crippen LogP contribution in [0, 0.1) is 0 Å². The summed E-state index contributed by atoms with van der Waals surface area (Å²) in [5.41, 5.74) is 1.04. The van der Waals surface area contributed by atoms with Crippen LogP contribution in [0.5, 0.6) is 0 Å². The van der Waals surface area contributed by atoms with Gasteiger partial charge in [0.1, 0.15) is 0 Å². The average molecular weight is 538 g/mol. The van der Waals surface area contributed by atoms with Crippen LogP contribution in [0.15, 0.2) is 47.8 Å². The number of nitrogens with one attached hydrogen (secondary N) is 2. The Kier molecular flexibility index (Phi) is 11.0. The first-order valence-corrected chi connectivity index (χ1v) is 10.5. The first-order valence-electron chi connectivity index (χ1n) is 10.5. The van der Waals surface area contributed by atoms with Crippen molar-refractivity contribution < 1.29 is 4.79 Å². The van der Waals surface area contributed by atoms with Crippen molar-refractivity contribution in [3.63, 3.8) is 0 Å². The van der Waals surface area contributed by atoms with Gasteiger partial charge in [-0.3, -0.25) is 14.8 Å². The number of pyridine rings is 1. The van der Waals surface area contributed by atoms with Gasteiger partial charge in [-0.15, -0.1) is 24.0 Å². The maximum Gasteiger partial charge on any atom is 0.225 e. The molecule has 3 rings (SSSR count). The number of halogens is 1. The number of guanidine groups is 1. The molecule has 3 heterocycles. The van der Waals surface area contributed by atoms with Crippen molar-refractivity contribution in [2.45, 2.75) is 19.8 Å². The van der Waals surface area contributed by atoms with Crippen molar-refractivity contribution >= 4 is 41.8 Å². The van der Waals surface area contributed by atoms with E-state index in [9.17, 15) is 4.79 Å². The van der Waals surface area contributed by atoms with Crippen LogP contribution in [0.4, 0.5) is 5.95 Å². The highest BCUT2D eigenvalue weighted by molar-refractivity contribution is 14.0. The van der Waals surface area contributed by atoms with Crippen LogP contribution in [0.2, 0.25) is 0 Å². The zero-order valence-electron chi connectivity index (χ0n) is 17.9. The maximum absolute atomic E-state index is 12.5. The van der Waals surface area contributed by atoms with Crippen molar-refractivity contribution in [1.82, 2.24) is 30.5 Å². The normalized spacial score (nSPS) is 14.0. The van der Waals surface area contributed by atoms with E-state index < -0.39 is 0 Å². The minimum absolute atomic E-state index is 0. The zero-order chi connectivity index (χ0) is 21.0. The van der Waals surface area contributed by atoms with Crippen LogP contribution in [-0.2, 0) is 11.2 Å². The van der Waals surface area contributed by atoms with E-state index >= 15 is 0 Å². The number of anilines is 1. The lowest BCUT2D eigenvalue weighted by Gasteiger charge is -2.34. The number of carbonyl (C=O) groups is 1. The highest BCUT2D eigenvalue weighted by Crippen LogP contribution is 2.10. The third-order valence-electron chi connectivity index (χ3n) is 4.81. The van der Waals surface area contributed by atoms with Gasteiger partial charge < -0.3 is 20.4 Å². The first kappa shape index (κ1) is 24.8. The third kappa shape index (κ3) is 8.27. The van der Waals surface area contributed by atoms with Gasteiger partial charge in [0.25, 0.3) is 0 Å². The van der Waals surface area contributed by atoms with Gasteiger partial charge in [0.2, 0.25) is 11.9 Å². The summed E-state index contributed by atoms with van der Waals surface area (Å²) >= 11 is 0. The largest absolute Gasteiger partial charge is 0.357 e. The Morgan fingerprint density at radius 3 is 2.45 bits per heavy atom. The van der Waals surface area contributed by atoms with Crippen molar-refractivity contribution in [1.29, 1.82) is 0 Å². The van der Waals surface area contributed by atoms with E-state index in [1.165, 1.54) is 0 Å². The monoisotopic (exact) mass is 538 g/mol. The molecule has 1 amide bonds. The Balaban J connectivity index is 0.00000341. The van der Waals surface area contributed by atoms with Crippen LogP contribution in [-0.4, -0.2) is 77.5 Å². The summed E-state index contributed by atoms with van der Waals surface area (Å²) in [6, 6.07) is 7.71. The predicted octanol–water partition coefficient (Wildman–Crippen LogP) is 1.33. The summed E-state index contributed by atoms with van der Waals surface area (Å²) in [4.78, 5) is 34.0. The Morgan fingerprint density at radius 2 is 1.77 bits per heavy atom. The second kappa shape index (κ2) is 13.7. The molecular weight excluding hydrogens is 507 g/mol. The summed E-state index contributed by atoms with van der Waals surface area (Å²) < 4.78 is 0. The molecule has 0 spiro atoms. The summed E-state index contributed by atoms with van der Waals surface area (Å²) in [5, 5.41) is 6.52. The minimum atomic E-state index is 0. The first-order chi connectivity index (χ1) is 14.8. The van der Waals surface area contributed by atoms with E-state index in [0.717, 1.165) is 50.2 Å². The van der Waals surface area contributed by atoms with Gasteiger partial charge in [0.05, 0.1) is 6.54 Å². The topological polar surface area (TPSA) is 98.6 Å². The predicted molar refractivity (Wildman–Crippen MR) is 133 cm³/mol. The SMILES string of the molecule is CCNC(=NCCC(=O)N1CCN(c2ncccn2)CC1)NCCc1ccccn1.I. The van der Waals surface area contributed by atoms with Gasteiger partial charge in [0, 0.05) is 76.4 Å². The lowest BCUT2D eigenvalue weighted by molar-refractivity contribution is -0.131. The molecule has 1 aliphatic rings. The average Bonchev–Trinajstić information content (AvgIpc) is 2.80. The molecule has 1 fully saturated rings. The van der Waals surface area contributed by atoms with Crippen LogP contribution in [0.3, 0.4) is 0 Å². The molecule has 10 heteroatoms. The van der Waals surface area contributed by atoms with Gasteiger partial charge in [-0.25, -0.2) is 9.97 Å². The fourth-order valence-corrected chi connectivity index (χ4v) is 3.23. The summed E-state index contributed by atoms with van der Waals surface area (Å²) in [6.07, 6.45) is 6.50. The van der Waals surface area contributed by atoms with Crippen molar-refractivity contribution in [2.24, 2.45) is 4.99 Å². The van der Waals surface area contributed by atoms with Gasteiger partial charge in [-0.05, 0) is 25.1 Å². The zero-order valence-corrected chi connectivity index (χ0v) is 20.2. The van der Waals surface area contributed by atoms with Crippen LogP contribution >= 0.6 is 24.0 Å². The van der Waals surface area contributed by atoms with Crippen LogP contribution in [0.1, 0.15) is 19.0 Å². The number of nitrogens with zero attached hydrogens (tertiary/aromatic N) is 6. The highest BCUT2D eigenvalue weighted by atomic mass is 127. The van der Waals surface area contributed by atoms with E-state index in [0.29, 0.717) is 26.1 Å². The van der Waals surface area contributed by atoms with Crippen molar-refractivity contribution in [2.75, 3.05) is 50.7 Å². The molecule has 31 heavy (non-hydrogen) atoms. The van der Waals surface area contributed by atoms with Gasteiger partial charge in [-0.2, -0.15) is 0 Å². The number of rotatable bonds is 8. The Labute approximate surface area is 200 Å². The van der Waals surface area contributed by atoms with E-state index in [1.807, 2.05) is 30.0 Å². The van der Waals surface area contributed by atoms with E-state index in [-0.39, 0.29) is 29.9 Å². The standard InChI is InChI=1S/C21H30N8O.HI/c1-2-22-20(24-12-7-18-6-3-4-9-23-18)25-13-8-19(30)28-14-16-29(17-15-28)21-26-10-5-11-27-21;/h3-6,9-11H,2,7-8,12-17H2,1H3,(H2,22,24,25);1H. The molecule has 9 nitrogen and oxygen atoms in total. The van der Waals surface area contributed by atoms with E-state index in [4.69, 9.17) is 0 Å². The smallest absolute Gasteiger partial charge is 0.225 e. The van der Waals surface area contributed by atoms with Gasteiger partial charge in [0.15, 0.2) is 5.96 Å². The Hall–Kier alpha value is -2.50. The molecule has 2 N–H and O–H groups in total. The number of carbonyl (C=O) groups excluding carboxylic acids is 1. The molecule has 0 saturated carbocycles. The van der Waals surface area contributed by atoms with Gasteiger partial charge in [-0.1, -0.05) is 6.07 Å². The molecule has 0 aliphatic carbocycles. The quantitative estimate of drug-likeness (QED) is 0.297. The Bertz CT molecular complexity index is 798. The fourth-order valence-electron chi connectivity index (χ4n) is 3.23. The molecule has 0 radical (unpaired) electrons. The lowest BCUT2D eigenvalue weighted by atomic mass is 10.3. The number of hydrogen-bond acceptors (Lipinski definition) is 6. The van der Waals surface area contributed by atoms with E-state index in [1.54, 1.807) is 24.7 Å². The molecule has 0 atom stereocenters. The number of hydrogen-bond donors (Lipinski definition) is 2. The molecule has 1 saturated heterocycles. The highest BCUT2D eigenvalue weighted by Gasteiger charge is 2.21. The second-order valence-corrected chi connectivity index (χ2v) is 6.93. The summed E-state index contributed by atoms with van der Waals surface area (Å²) in [7, 11) is 0. The Morgan fingerprint density at radius 1 is 1.03 bits per heavy atom. The van der Waals surface area contributed by atoms with Crippen LogP contribution in [0.25, 0.3) is 0 Å². The minimum Gasteiger partial charge on any atom is -0.357 e. The molecule has 168 valence electrons.